The van der Waals surface area contributed by atoms with Crippen molar-refractivity contribution in [3.63, 3.8) is 0 Å². The highest BCUT2D eigenvalue weighted by molar-refractivity contribution is 7.99. The fourth-order valence-corrected chi connectivity index (χ4v) is 4.05. The van der Waals surface area contributed by atoms with E-state index in [0.717, 1.165) is 24.3 Å². The SMILES string of the molecule is O=Cc1ccc(S(=O)(=O)NCC2CCSCC2)o1. The lowest BCUT2D eigenvalue weighted by molar-refractivity contribution is 0.109. The number of thioether (sulfide) groups is 1. The summed E-state index contributed by atoms with van der Waals surface area (Å²) in [5.41, 5.74) is 0. The van der Waals surface area contributed by atoms with Gasteiger partial charge in [0.05, 0.1) is 0 Å². The van der Waals surface area contributed by atoms with Crippen molar-refractivity contribution in [3.05, 3.63) is 17.9 Å². The number of carbonyl (C=O) groups is 1. The molecule has 1 saturated heterocycles. The van der Waals surface area contributed by atoms with E-state index in [2.05, 4.69) is 4.72 Å². The van der Waals surface area contributed by atoms with Gasteiger partial charge in [-0.1, -0.05) is 0 Å². The molecule has 1 aliphatic heterocycles. The first-order valence-corrected chi connectivity index (χ1v) is 8.38. The summed E-state index contributed by atoms with van der Waals surface area (Å²) in [5, 5.41) is -0.199. The largest absolute Gasteiger partial charge is 0.440 e. The number of furan rings is 1. The molecule has 0 amide bonds. The number of sulfonamides is 1. The van der Waals surface area contributed by atoms with Crippen LogP contribution in [0.25, 0.3) is 0 Å². The van der Waals surface area contributed by atoms with Gasteiger partial charge in [-0.25, -0.2) is 13.1 Å². The van der Waals surface area contributed by atoms with Crippen LogP contribution in [0.5, 0.6) is 0 Å². The normalized spacial score (nSPS) is 17.8. The molecule has 2 rings (SSSR count). The fraction of sp³-hybridized carbons (Fsp3) is 0.545. The number of hydrogen-bond donors (Lipinski definition) is 1. The molecule has 7 heteroatoms. The van der Waals surface area contributed by atoms with Gasteiger partial charge < -0.3 is 4.42 Å². The van der Waals surface area contributed by atoms with Gasteiger partial charge in [-0.15, -0.1) is 0 Å². The monoisotopic (exact) mass is 289 g/mol. The molecule has 1 N–H and O–H groups in total. The third-order valence-corrected chi connectivity index (χ3v) is 5.23. The quantitative estimate of drug-likeness (QED) is 0.832. The third-order valence-electron chi connectivity index (χ3n) is 2.89. The van der Waals surface area contributed by atoms with Crippen LogP contribution in [0.15, 0.2) is 21.6 Å². The summed E-state index contributed by atoms with van der Waals surface area (Å²) >= 11 is 1.90. The first-order chi connectivity index (χ1) is 8.62. The van der Waals surface area contributed by atoms with Crippen molar-refractivity contribution in [2.75, 3.05) is 18.1 Å². The van der Waals surface area contributed by atoms with Crippen LogP contribution in [0, 0.1) is 5.92 Å². The standard InChI is InChI=1S/C11H15NO4S2/c13-8-10-1-2-11(16-10)18(14,15)12-7-9-3-5-17-6-4-9/h1-2,8-9,12H,3-7H2. The smallest absolute Gasteiger partial charge is 0.273 e. The highest BCUT2D eigenvalue weighted by Crippen LogP contribution is 2.22. The van der Waals surface area contributed by atoms with E-state index in [9.17, 15) is 13.2 Å². The van der Waals surface area contributed by atoms with Gasteiger partial charge in [0.25, 0.3) is 10.0 Å². The Morgan fingerprint density at radius 1 is 1.39 bits per heavy atom. The van der Waals surface area contributed by atoms with Crippen molar-refractivity contribution in [1.82, 2.24) is 4.72 Å². The molecule has 0 unspecified atom stereocenters. The molecule has 1 aliphatic rings. The second-order valence-electron chi connectivity index (χ2n) is 4.18. The Balaban J connectivity index is 1.96. The van der Waals surface area contributed by atoms with Gasteiger partial charge >= 0.3 is 0 Å². The maximum absolute atomic E-state index is 11.9. The van der Waals surface area contributed by atoms with Gasteiger partial charge in [-0.05, 0) is 42.4 Å². The zero-order chi connectivity index (χ0) is 13.0. The Labute approximate surface area is 110 Å². The molecule has 0 aromatic carbocycles. The minimum Gasteiger partial charge on any atom is -0.440 e. The summed E-state index contributed by atoms with van der Waals surface area (Å²) in [5.74, 6) is 2.58. The van der Waals surface area contributed by atoms with Crippen molar-refractivity contribution < 1.29 is 17.6 Å². The maximum atomic E-state index is 11.9. The number of hydrogen-bond acceptors (Lipinski definition) is 5. The van der Waals surface area contributed by atoms with Gasteiger partial charge in [0.1, 0.15) is 0 Å². The van der Waals surface area contributed by atoms with Crippen molar-refractivity contribution >= 4 is 28.1 Å². The molecule has 1 fully saturated rings. The van der Waals surface area contributed by atoms with Crippen LogP contribution in [0.2, 0.25) is 0 Å². The average molecular weight is 289 g/mol. The minimum atomic E-state index is -3.63. The van der Waals surface area contributed by atoms with Crippen molar-refractivity contribution in [3.8, 4) is 0 Å². The minimum absolute atomic E-state index is 0.0180. The molecule has 1 aromatic rings. The van der Waals surface area contributed by atoms with Gasteiger partial charge in [0.15, 0.2) is 12.0 Å². The first kappa shape index (κ1) is 13.6. The summed E-state index contributed by atoms with van der Waals surface area (Å²) < 4.78 is 31.2. The molecule has 0 aliphatic carbocycles. The van der Waals surface area contributed by atoms with Crippen LogP contribution in [0.3, 0.4) is 0 Å². The topological polar surface area (TPSA) is 76.4 Å². The van der Waals surface area contributed by atoms with Crippen molar-refractivity contribution in [2.24, 2.45) is 5.92 Å². The predicted octanol–water partition coefficient (Wildman–Crippen LogP) is 1.51. The zero-order valence-electron chi connectivity index (χ0n) is 9.79. The molecular weight excluding hydrogens is 274 g/mol. The second kappa shape index (κ2) is 5.90. The summed E-state index contributed by atoms with van der Waals surface area (Å²) in [4.78, 5) is 10.4. The second-order valence-corrected chi connectivity index (χ2v) is 7.10. The van der Waals surface area contributed by atoms with E-state index in [1.807, 2.05) is 11.8 Å². The predicted molar refractivity (Wildman–Crippen MR) is 69.3 cm³/mol. The molecule has 0 spiro atoms. The highest BCUT2D eigenvalue weighted by Gasteiger charge is 2.21. The third kappa shape index (κ3) is 3.37. The average Bonchev–Trinajstić information content (AvgIpc) is 2.87. The van der Waals surface area contributed by atoms with E-state index in [0.29, 0.717) is 18.7 Å². The highest BCUT2D eigenvalue weighted by atomic mass is 32.2. The summed E-state index contributed by atoms with van der Waals surface area (Å²) in [7, 11) is -3.63. The zero-order valence-corrected chi connectivity index (χ0v) is 11.4. The number of rotatable bonds is 5. The van der Waals surface area contributed by atoms with Crippen LogP contribution in [-0.4, -0.2) is 32.8 Å². The molecule has 5 nitrogen and oxygen atoms in total. The lowest BCUT2D eigenvalue weighted by Crippen LogP contribution is -2.30. The molecule has 1 aromatic heterocycles. The Morgan fingerprint density at radius 2 is 2.11 bits per heavy atom. The maximum Gasteiger partial charge on any atom is 0.273 e. The molecule has 18 heavy (non-hydrogen) atoms. The first-order valence-electron chi connectivity index (χ1n) is 5.74. The van der Waals surface area contributed by atoms with E-state index in [-0.39, 0.29) is 10.9 Å². The Kier molecular flexibility index (Phi) is 4.47. The molecule has 0 radical (unpaired) electrons. The van der Waals surface area contributed by atoms with Gasteiger partial charge in [-0.2, -0.15) is 11.8 Å². The number of nitrogens with one attached hydrogen (secondary N) is 1. The van der Waals surface area contributed by atoms with E-state index in [4.69, 9.17) is 4.42 Å². The summed E-state index contributed by atoms with van der Waals surface area (Å²) in [6.45, 7) is 0.431. The number of carbonyl (C=O) groups excluding carboxylic acids is 1. The van der Waals surface area contributed by atoms with E-state index in [1.165, 1.54) is 12.1 Å². The van der Waals surface area contributed by atoms with Gasteiger partial charge in [-0.3, -0.25) is 4.79 Å². The molecule has 2 heterocycles. The molecule has 0 atom stereocenters. The van der Waals surface area contributed by atoms with Crippen LogP contribution < -0.4 is 4.72 Å². The Morgan fingerprint density at radius 3 is 2.72 bits per heavy atom. The van der Waals surface area contributed by atoms with Crippen molar-refractivity contribution in [1.29, 1.82) is 0 Å². The fourth-order valence-electron chi connectivity index (χ4n) is 1.79. The van der Waals surface area contributed by atoms with E-state index in [1.54, 1.807) is 0 Å². The summed E-state index contributed by atoms with van der Waals surface area (Å²) in [6, 6.07) is 2.64. The molecule has 0 saturated carbocycles. The van der Waals surface area contributed by atoms with E-state index < -0.39 is 10.0 Å². The number of aldehydes is 1. The van der Waals surface area contributed by atoms with Crippen LogP contribution in [0.1, 0.15) is 23.4 Å². The van der Waals surface area contributed by atoms with Crippen LogP contribution in [-0.2, 0) is 10.0 Å². The van der Waals surface area contributed by atoms with Crippen molar-refractivity contribution in [2.45, 2.75) is 17.9 Å². The van der Waals surface area contributed by atoms with Crippen LogP contribution in [0.4, 0.5) is 0 Å². The van der Waals surface area contributed by atoms with Gasteiger partial charge in [0.2, 0.25) is 5.09 Å². The Bertz CT molecular complexity index is 503. The molecular formula is C11H15NO4S2. The molecule has 100 valence electrons. The van der Waals surface area contributed by atoms with Gasteiger partial charge in [0, 0.05) is 6.54 Å². The Hall–Kier alpha value is -0.790. The summed E-state index contributed by atoms with van der Waals surface area (Å²) in [6.07, 6.45) is 2.55. The lowest BCUT2D eigenvalue weighted by atomic mass is 10.0. The molecule has 0 bridgehead atoms. The lowest BCUT2D eigenvalue weighted by Gasteiger charge is -2.21. The van der Waals surface area contributed by atoms with E-state index >= 15 is 0 Å². The van der Waals surface area contributed by atoms with Crippen LogP contribution >= 0.6 is 11.8 Å².